The summed E-state index contributed by atoms with van der Waals surface area (Å²) in [7, 11) is 1.87. The van der Waals surface area contributed by atoms with Crippen LogP contribution >= 0.6 is 27.7 Å². The molecule has 0 saturated carbocycles. The van der Waals surface area contributed by atoms with Crippen molar-refractivity contribution in [2.75, 3.05) is 24.6 Å². The zero-order valence-electron chi connectivity index (χ0n) is 12.6. The molecule has 0 radical (unpaired) electrons. The Balaban J connectivity index is 1.80. The zero-order valence-corrected chi connectivity index (χ0v) is 15.0. The topological polar surface area (TPSA) is 47.4 Å². The van der Waals surface area contributed by atoms with Crippen molar-refractivity contribution in [1.82, 2.24) is 14.7 Å². The number of amides is 1. The largest absolute Gasteiger partial charge is 0.463 e. The molecule has 1 fully saturated rings. The SMILES string of the molecule is C[C@H](Oc1nn(C)c2ccc(Br)cc12)C(=O)N1CCSCC1. The van der Waals surface area contributed by atoms with Gasteiger partial charge in [-0.1, -0.05) is 15.9 Å². The summed E-state index contributed by atoms with van der Waals surface area (Å²) in [6.07, 6.45) is -0.528. The van der Waals surface area contributed by atoms with Gasteiger partial charge in [0.15, 0.2) is 6.10 Å². The van der Waals surface area contributed by atoms with Crippen molar-refractivity contribution in [3.8, 4) is 5.88 Å². The summed E-state index contributed by atoms with van der Waals surface area (Å²) in [6.45, 7) is 3.39. The van der Waals surface area contributed by atoms with E-state index in [0.29, 0.717) is 5.88 Å². The van der Waals surface area contributed by atoms with Crippen molar-refractivity contribution in [3.63, 3.8) is 0 Å². The number of nitrogens with zero attached hydrogens (tertiary/aromatic N) is 3. The molecule has 0 bridgehead atoms. The minimum atomic E-state index is -0.528. The van der Waals surface area contributed by atoms with E-state index in [1.165, 1.54) is 0 Å². The number of hydrogen-bond donors (Lipinski definition) is 0. The number of thioether (sulfide) groups is 1. The maximum absolute atomic E-state index is 12.5. The molecule has 118 valence electrons. The van der Waals surface area contributed by atoms with Crippen molar-refractivity contribution < 1.29 is 9.53 Å². The van der Waals surface area contributed by atoms with E-state index in [1.54, 1.807) is 11.6 Å². The third kappa shape index (κ3) is 3.10. The second kappa shape index (κ2) is 6.50. The molecule has 2 heterocycles. The molecule has 1 aromatic carbocycles. The Kier molecular flexibility index (Phi) is 4.63. The van der Waals surface area contributed by atoms with Crippen LogP contribution < -0.4 is 4.74 Å². The van der Waals surface area contributed by atoms with Crippen LogP contribution in [0, 0.1) is 0 Å². The van der Waals surface area contributed by atoms with Crippen molar-refractivity contribution in [2.24, 2.45) is 7.05 Å². The number of halogens is 1. The van der Waals surface area contributed by atoms with Crippen molar-refractivity contribution >= 4 is 44.5 Å². The minimum absolute atomic E-state index is 0.0362. The Morgan fingerprint density at radius 3 is 2.86 bits per heavy atom. The maximum Gasteiger partial charge on any atom is 0.263 e. The number of ether oxygens (including phenoxy) is 1. The number of rotatable bonds is 3. The molecule has 0 N–H and O–H groups in total. The van der Waals surface area contributed by atoms with E-state index in [4.69, 9.17) is 4.74 Å². The van der Waals surface area contributed by atoms with Gasteiger partial charge < -0.3 is 9.64 Å². The van der Waals surface area contributed by atoms with Crippen LogP contribution in [0.1, 0.15) is 6.92 Å². The number of benzene rings is 1. The highest BCUT2D eigenvalue weighted by molar-refractivity contribution is 9.10. The third-order valence-corrected chi connectivity index (χ3v) is 5.17. The molecule has 2 aromatic rings. The van der Waals surface area contributed by atoms with Gasteiger partial charge in [0.05, 0.1) is 10.9 Å². The molecule has 0 unspecified atom stereocenters. The molecule has 0 aliphatic carbocycles. The van der Waals surface area contributed by atoms with E-state index < -0.39 is 6.10 Å². The number of aryl methyl sites for hydroxylation is 1. The van der Waals surface area contributed by atoms with E-state index in [1.807, 2.05) is 41.9 Å². The lowest BCUT2D eigenvalue weighted by molar-refractivity contribution is -0.137. The maximum atomic E-state index is 12.5. The molecule has 1 aliphatic rings. The average Bonchev–Trinajstić information content (AvgIpc) is 2.83. The predicted molar refractivity (Wildman–Crippen MR) is 92.4 cm³/mol. The van der Waals surface area contributed by atoms with E-state index in [9.17, 15) is 4.79 Å². The Bertz CT molecular complexity index is 697. The van der Waals surface area contributed by atoms with E-state index in [2.05, 4.69) is 21.0 Å². The number of fused-ring (bicyclic) bond motifs is 1. The second-order valence-corrected chi connectivity index (χ2v) is 7.43. The number of hydrogen-bond acceptors (Lipinski definition) is 4. The van der Waals surface area contributed by atoms with Crippen LogP contribution in [0.15, 0.2) is 22.7 Å². The van der Waals surface area contributed by atoms with Crippen LogP contribution in [-0.2, 0) is 11.8 Å². The van der Waals surface area contributed by atoms with Gasteiger partial charge in [-0.25, -0.2) is 0 Å². The monoisotopic (exact) mass is 383 g/mol. The molecule has 1 amide bonds. The summed E-state index contributed by atoms with van der Waals surface area (Å²) < 4.78 is 8.60. The average molecular weight is 384 g/mol. The summed E-state index contributed by atoms with van der Waals surface area (Å²) in [4.78, 5) is 14.3. The second-order valence-electron chi connectivity index (χ2n) is 5.29. The van der Waals surface area contributed by atoms with Crippen molar-refractivity contribution in [2.45, 2.75) is 13.0 Å². The minimum Gasteiger partial charge on any atom is -0.463 e. The summed E-state index contributed by atoms with van der Waals surface area (Å²) in [5.74, 6) is 2.54. The Morgan fingerprint density at radius 1 is 1.41 bits per heavy atom. The number of carbonyl (C=O) groups is 1. The summed E-state index contributed by atoms with van der Waals surface area (Å²) >= 11 is 5.35. The van der Waals surface area contributed by atoms with Crippen LogP contribution in [0.3, 0.4) is 0 Å². The quantitative estimate of drug-likeness (QED) is 0.817. The lowest BCUT2D eigenvalue weighted by atomic mass is 10.2. The summed E-state index contributed by atoms with van der Waals surface area (Å²) in [5, 5.41) is 5.31. The zero-order chi connectivity index (χ0) is 15.7. The van der Waals surface area contributed by atoms with Crippen LogP contribution in [0.25, 0.3) is 10.9 Å². The molecular formula is C15H18BrN3O2S. The van der Waals surface area contributed by atoms with Gasteiger partial charge in [0.25, 0.3) is 5.91 Å². The lowest BCUT2D eigenvalue weighted by Gasteiger charge is -2.28. The molecule has 0 spiro atoms. The van der Waals surface area contributed by atoms with Gasteiger partial charge >= 0.3 is 0 Å². The van der Waals surface area contributed by atoms with Gasteiger partial charge in [-0.3, -0.25) is 9.48 Å². The summed E-state index contributed by atoms with van der Waals surface area (Å²) in [6, 6.07) is 5.91. The highest BCUT2D eigenvalue weighted by atomic mass is 79.9. The first kappa shape index (κ1) is 15.7. The van der Waals surface area contributed by atoms with Gasteiger partial charge in [-0.2, -0.15) is 11.8 Å². The standard InChI is InChI=1S/C15H18BrN3O2S/c1-10(15(20)19-5-7-22-8-6-19)21-14-12-9-11(16)3-4-13(12)18(2)17-14/h3-4,9-10H,5-8H2,1-2H3/t10-/m0/s1. The van der Waals surface area contributed by atoms with Gasteiger partial charge in [-0.15, -0.1) is 5.10 Å². The highest BCUT2D eigenvalue weighted by Gasteiger charge is 2.25. The summed E-state index contributed by atoms with van der Waals surface area (Å²) in [5.41, 5.74) is 0.979. The molecule has 5 nitrogen and oxygen atoms in total. The molecule has 22 heavy (non-hydrogen) atoms. The van der Waals surface area contributed by atoms with E-state index in [0.717, 1.165) is 40.0 Å². The number of carbonyl (C=O) groups excluding carboxylic acids is 1. The molecule has 1 aliphatic heterocycles. The molecular weight excluding hydrogens is 366 g/mol. The first-order chi connectivity index (χ1) is 10.6. The fourth-order valence-electron chi connectivity index (χ4n) is 2.55. The smallest absolute Gasteiger partial charge is 0.263 e. The first-order valence-electron chi connectivity index (χ1n) is 7.21. The lowest BCUT2D eigenvalue weighted by Crippen LogP contribution is -2.44. The fraction of sp³-hybridized carbons (Fsp3) is 0.467. The van der Waals surface area contributed by atoms with Crippen LogP contribution in [0.2, 0.25) is 0 Å². The fourth-order valence-corrected chi connectivity index (χ4v) is 3.82. The molecule has 1 atom stereocenters. The van der Waals surface area contributed by atoms with Crippen LogP contribution in [0.5, 0.6) is 5.88 Å². The van der Waals surface area contributed by atoms with Gasteiger partial charge in [0.2, 0.25) is 5.88 Å². The van der Waals surface area contributed by atoms with E-state index in [-0.39, 0.29) is 5.91 Å². The first-order valence-corrected chi connectivity index (χ1v) is 9.16. The highest BCUT2D eigenvalue weighted by Crippen LogP contribution is 2.28. The third-order valence-electron chi connectivity index (χ3n) is 3.74. The molecule has 3 rings (SSSR count). The normalized spacial score (nSPS) is 16.8. The van der Waals surface area contributed by atoms with Crippen molar-refractivity contribution in [1.29, 1.82) is 0 Å². The van der Waals surface area contributed by atoms with E-state index >= 15 is 0 Å². The van der Waals surface area contributed by atoms with Crippen LogP contribution in [0.4, 0.5) is 0 Å². The van der Waals surface area contributed by atoms with Gasteiger partial charge in [0.1, 0.15) is 0 Å². The van der Waals surface area contributed by atoms with Crippen LogP contribution in [-0.4, -0.2) is 51.3 Å². The molecule has 1 saturated heterocycles. The van der Waals surface area contributed by atoms with Crippen molar-refractivity contribution in [3.05, 3.63) is 22.7 Å². The molecule has 1 aromatic heterocycles. The Labute approximate surface area is 142 Å². The number of aromatic nitrogens is 2. The Morgan fingerprint density at radius 2 is 2.14 bits per heavy atom. The Hall–Kier alpha value is -1.21. The van der Waals surface area contributed by atoms with Gasteiger partial charge in [-0.05, 0) is 25.1 Å². The molecule has 7 heteroatoms. The van der Waals surface area contributed by atoms with Gasteiger partial charge in [0, 0.05) is 36.1 Å². The predicted octanol–water partition coefficient (Wildman–Crippen LogP) is 2.68.